The summed E-state index contributed by atoms with van der Waals surface area (Å²) in [7, 11) is -0.457. The van der Waals surface area contributed by atoms with Crippen LogP contribution in [0.4, 0.5) is 0 Å². The van der Waals surface area contributed by atoms with Gasteiger partial charge in [0.15, 0.2) is 5.78 Å². The fraction of sp³-hybridized carbons (Fsp3) is 0.471. The van der Waals surface area contributed by atoms with Gasteiger partial charge in [-0.15, -0.1) is 0 Å². The lowest BCUT2D eigenvalue weighted by Gasteiger charge is -2.32. The summed E-state index contributed by atoms with van der Waals surface area (Å²) in [5.74, 6) is 0.476. The van der Waals surface area contributed by atoms with E-state index in [1.165, 1.54) is 6.92 Å². The minimum absolute atomic E-state index is 0.0113. The van der Waals surface area contributed by atoms with Crippen LogP contribution in [0.3, 0.4) is 0 Å². The molecule has 3 nitrogen and oxygen atoms in total. The number of carbonyl (C=O) groups excluding carboxylic acids is 1. The van der Waals surface area contributed by atoms with E-state index in [4.69, 9.17) is 20.9 Å². The lowest BCUT2D eigenvalue weighted by atomic mass is 9.78. The molecular weight excluding hydrogens is 331 g/mol. The van der Waals surface area contributed by atoms with Crippen molar-refractivity contribution < 1.29 is 14.1 Å². The molecule has 0 bridgehead atoms. The third-order valence-corrected chi connectivity index (χ3v) is 5.18. The predicted octanol–water partition coefficient (Wildman–Crippen LogP) is 4.49. The summed E-state index contributed by atoms with van der Waals surface area (Å²) in [5, 5.41) is 0.522. The first-order valence-corrected chi connectivity index (χ1v) is 8.56. The molecule has 1 heterocycles. The quantitative estimate of drug-likeness (QED) is 0.493. The summed E-state index contributed by atoms with van der Waals surface area (Å²) in [5.41, 5.74) is 1.50. The SMILES string of the molecule is CC(=O)c1ccc(C=C(CS)B2OC(C)(C)C(C)(C)O2)c(Cl)c1. The van der Waals surface area contributed by atoms with Crippen LogP contribution in [0, 0.1) is 0 Å². The Morgan fingerprint density at radius 1 is 1.26 bits per heavy atom. The van der Waals surface area contributed by atoms with Crippen LogP contribution < -0.4 is 0 Å². The maximum Gasteiger partial charge on any atom is 0.491 e. The van der Waals surface area contributed by atoms with Gasteiger partial charge in [0.25, 0.3) is 0 Å². The van der Waals surface area contributed by atoms with Crippen molar-refractivity contribution >= 4 is 43.2 Å². The zero-order chi connectivity index (χ0) is 17.4. The van der Waals surface area contributed by atoms with Gasteiger partial charge in [0.1, 0.15) is 0 Å². The van der Waals surface area contributed by atoms with Gasteiger partial charge in [-0.05, 0) is 51.7 Å². The van der Waals surface area contributed by atoms with E-state index in [1.807, 2.05) is 39.8 Å². The van der Waals surface area contributed by atoms with E-state index in [9.17, 15) is 4.79 Å². The fourth-order valence-corrected chi connectivity index (χ4v) is 2.72. The molecule has 0 aromatic heterocycles. The summed E-state index contributed by atoms with van der Waals surface area (Å²) in [6, 6.07) is 5.27. The second-order valence-corrected chi connectivity index (χ2v) is 7.48. The Labute approximate surface area is 148 Å². The number of hydrogen-bond acceptors (Lipinski definition) is 4. The number of halogens is 1. The number of rotatable bonds is 4. The lowest BCUT2D eigenvalue weighted by Crippen LogP contribution is -2.41. The Morgan fingerprint density at radius 3 is 2.26 bits per heavy atom. The molecule has 0 unspecified atom stereocenters. The number of carbonyl (C=O) groups is 1. The third-order valence-electron chi connectivity index (χ3n) is 4.49. The number of ketones is 1. The van der Waals surface area contributed by atoms with Gasteiger partial charge in [0.05, 0.1) is 11.2 Å². The van der Waals surface area contributed by atoms with Gasteiger partial charge in [-0.2, -0.15) is 12.6 Å². The number of Topliss-reactive ketones (excluding diaryl/α,β-unsaturated/α-hetero) is 1. The molecule has 1 aliphatic heterocycles. The molecule has 1 aromatic rings. The molecule has 1 aromatic carbocycles. The van der Waals surface area contributed by atoms with Gasteiger partial charge >= 0.3 is 7.12 Å². The summed E-state index contributed by atoms with van der Waals surface area (Å²) >= 11 is 10.7. The van der Waals surface area contributed by atoms with E-state index >= 15 is 0 Å². The summed E-state index contributed by atoms with van der Waals surface area (Å²) in [6.07, 6.45) is 1.92. The van der Waals surface area contributed by atoms with Crippen molar-refractivity contribution in [2.45, 2.75) is 45.8 Å². The Bertz CT molecular complexity index is 639. The van der Waals surface area contributed by atoms with E-state index in [-0.39, 0.29) is 5.78 Å². The van der Waals surface area contributed by atoms with E-state index in [1.54, 1.807) is 12.1 Å². The van der Waals surface area contributed by atoms with Crippen molar-refractivity contribution in [2.24, 2.45) is 0 Å². The van der Waals surface area contributed by atoms with Gasteiger partial charge in [-0.25, -0.2) is 0 Å². The van der Waals surface area contributed by atoms with Gasteiger partial charge in [-0.3, -0.25) is 4.79 Å². The van der Waals surface area contributed by atoms with Gasteiger partial charge in [-0.1, -0.05) is 29.8 Å². The molecule has 0 aliphatic carbocycles. The zero-order valence-corrected chi connectivity index (χ0v) is 15.8. The molecule has 124 valence electrons. The van der Waals surface area contributed by atoms with Crippen LogP contribution in [0.25, 0.3) is 6.08 Å². The molecule has 0 spiro atoms. The molecule has 0 atom stereocenters. The first-order valence-electron chi connectivity index (χ1n) is 7.55. The molecule has 2 rings (SSSR count). The van der Waals surface area contributed by atoms with Crippen LogP contribution in [0.15, 0.2) is 23.7 Å². The van der Waals surface area contributed by atoms with Crippen molar-refractivity contribution in [3.63, 3.8) is 0 Å². The molecule has 0 amide bonds. The van der Waals surface area contributed by atoms with Gasteiger partial charge < -0.3 is 9.31 Å². The molecule has 1 fully saturated rings. The topological polar surface area (TPSA) is 35.5 Å². The van der Waals surface area contributed by atoms with E-state index < -0.39 is 18.3 Å². The van der Waals surface area contributed by atoms with Crippen molar-refractivity contribution in [1.29, 1.82) is 0 Å². The number of hydrogen-bond donors (Lipinski definition) is 1. The molecular formula is C17H22BClO3S. The second-order valence-electron chi connectivity index (χ2n) is 6.76. The monoisotopic (exact) mass is 352 g/mol. The molecule has 6 heteroatoms. The Morgan fingerprint density at radius 2 is 1.83 bits per heavy atom. The summed E-state index contributed by atoms with van der Waals surface area (Å²) in [4.78, 5) is 11.4. The van der Waals surface area contributed by atoms with Gasteiger partial charge in [0.2, 0.25) is 0 Å². The largest absolute Gasteiger partial charge is 0.491 e. The maximum atomic E-state index is 11.4. The smallest absolute Gasteiger partial charge is 0.400 e. The highest BCUT2D eigenvalue weighted by Crippen LogP contribution is 2.39. The molecule has 0 N–H and O–H groups in total. The highest BCUT2D eigenvalue weighted by atomic mass is 35.5. The first kappa shape index (κ1) is 18.6. The molecule has 1 saturated heterocycles. The van der Waals surface area contributed by atoms with E-state index in [0.29, 0.717) is 16.3 Å². The lowest BCUT2D eigenvalue weighted by molar-refractivity contribution is 0.00578. The minimum Gasteiger partial charge on any atom is -0.400 e. The Kier molecular flexibility index (Phi) is 5.36. The second kappa shape index (κ2) is 6.63. The molecule has 0 radical (unpaired) electrons. The average Bonchev–Trinajstić information content (AvgIpc) is 2.65. The van der Waals surface area contributed by atoms with Crippen LogP contribution in [-0.4, -0.2) is 29.9 Å². The van der Waals surface area contributed by atoms with Crippen LogP contribution in [-0.2, 0) is 9.31 Å². The van der Waals surface area contributed by atoms with Crippen LogP contribution >= 0.6 is 24.2 Å². The Hall–Kier alpha value is -0.745. The van der Waals surface area contributed by atoms with Crippen molar-refractivity contribution in [1.82, 2.24) is 0 Å². The number of benzene rings is 1. The van der Waals surface area contributed by atoms with Crippen molar-refractivity contribution in [2.75, 3.05) is 5.75 Å². The third kappa shape index (κ3) is 3.85. The molecule has 1 aliphatic rings. The minimum atomic E-state index is -0.457. The van der Waals surface area contributed by atoms with Crippen LogP contribution in [0.5, 0.6) is 0 Å². The predicted molar refractivity (Wildman–Crippen MR) is 99.4 cm³/mol. The average molecular weight is 353 g/mol. The standard InChI is InChI=1S/C17H22BClO3S/c1-11(20)12-6-7-13(15(19)9-12)8-14(10-23)18-21-16(2,3)17(4,5)22-18/h6-9,23H,10H2,1-5H3. The molecule has 23 heavy (non-hydrogen) atoms. The van der Waals surface area contributed by atoms with Crippen molar-refractivity contribution in [3.8, 4) is 0 Å². The summed E-state index contributed by atoms with van der Waals surface area (Å²) in [6.45, 7) is 9.57. The van der Waals surface area contributed by atoms with Gasteiger partial charge in [0, 0.05) is 16.3 Å². The summed E-state index contributed by atoms with van der Waals surface area (Å²) < 4.78 is 12.1. The highest BCUT2D eigenvalue weighted by molar-refractivity contribution is 7.80. The van der Waals surface area contributed by atoms with E-state index in [2.05, 4.69) is 12.6 Å². The normalized spacial score (nSPS) is 20.0. The van der Waals surface area contributed by atoms with Crippen LogP contribution in [0.1, 0.15) is 50.5 Å². The Balaban J connectivity index is 2.32. The first-order chi connectivity index (χ1) is 10.6. The highest BCUT2D eigenvalue weighted by Gasteiger charge is 2.52. The van der Waals surface area contributed by atoms with E-state index in [0.717, 1.165) is 11.0 Å². The zero-order valence-electron chi connectivity index (χ0n) is 14.1. The van der Waals surface area contributed by atoms with Crippen LogP contribution in [0.2, 0.25) is 5.02 Å². The molecule has 0 saturated carbocycles. The van der Waals surface area contributed by atoms with Crippen molar-refractivity contribution in [3.05, 3.63) is 39.8 Å². The fourth-order valence-electron chi connectivity index (χ4n) is 2.25. The maximum absolute atomic E-state index is 11.4. The number of thiol groups is 1.